The SMILES string of the molecule is CS(=O)(=O)Oc1ccc(-c2nc3ccccc3o2)cc1CN1CCOCC1. The molecule has 0 spiro atoms. The van der Waals surface area contributed by atoms with Gasteiger partial charge in [-0.1, -0.05) is 12.1 Å². The summed E-state index contributed by atoms with van der Waals surface area (Å²) in [6.07, 6.45) is 1.04. The zero-order valence-corrected chi connectivity index (χ0v) is 15.7. The van der Waals surface area contributed by atoms with Crippen LogP contribution in [0.4, 0.5) is 0 Å². The average molecular weight is 388 g/mol. The molecule has 1 saturated heterocycles. The summed E-state index contributed by atoms with van der Waals surface area (Å²) >= 11 is 0. The first-order valence-electron chi connectivity index (χ1n) is 8.66. The van der Waals surface area contributed by atoms with E-state index in [1.807, 2.05) is 30.3 Å². The van der Waals surface area contributed by atoms with E-state index in [1.165, 1.54) is 0 Å². The molecule has 0 atom stereocenters. The van der Waals surface area contributed by atoms with Crippen LogP contribution in [0.3, 0.4) is 0 Å². The number of hydrogen-bond acceptors (Lipinski definition) is 7. The number of rotatable bonds is 5. The van der Waals surface area contributed by atoms with E-state index in [0.29, 0.717) is 37.0 Å². The largest absolute Gasteiger partial charge is 0.436 e. The minimum Gasteiger partial charge on any atom is -0.436 e. The van der Waals surface area contributed by atoms with Gasteiger partial charge in [0.2, 0.25) is 5.89 Å². The maximum absolute atomic E-state index is 11.6. The first kappa shape index (κ1) is 18.0. The standard InChI is InChI=1S/C19H20N2O5S/c1-27(22,23)26-17-7-6-14(12-15(17)13-21-8-10-24-11-9-21)19-20-16-4-2-3-5-18(16)25-19/h2-7,12H,8-11,13H2,1H3. The topological polar surface area (TPSA) is 81.9 Å². The molecule has 1 fully saturated rings. The molecule has 0 saturated carbocycles. The minimum atomic E-state index is -3.62. The molecule has 8 heteroatoms. The summed E-state index contributed by atoms with van der Waals surface area (Å²) in [5.74, 6) is 0.814. The van der Waals surface area contributed by atoms with Crippen molar-refractivity contribution in [1.82, 2.24) is 9.88 Å². The smallest absolute Gasteiger partial charge is 0.306 e. The first-order valence-corrected chi connectivity index (χ1v) is 10.5. The maximum Gasteiger partial charge on any atom is 0.306 e. The monoisotopic (exact) mass is 388 g/mol. The molecular weight excluding hydrogens is 368 g/mol. The Balaban J connectivity index is 1.71. The van der Waals surface area contributed by atoms with Gasteiger partial charge in [0.25, 0.3) is 0 Å². The third-order valence-electron chi connectivity index (χ3n) is 4.34. The quantitative estimate of drug-likeness (QED) is 0.622. The number of ether oxygens (including phenoxy) is 1. The zero-order chi connectivity index (χ0) is 18.9. The Labute approximate surface area is 157 Å². The Morgan fingerprint density at radius 2 is 1.93 bits per heavy atom. The Morgan fingerprint density at radius 3 is 2.67 bits per heavy atom. The van der Waals surface area contributed by atoms with Gasteiger partial charge in [0, 0.05) is 30.8 Å². The molecule has 0 aliphatic carbocycles. The number of benzene rings is 2. The van der Waals surface area contributed by atoms with Crippen LogP contribution in [0, 0.1) is 0 Å². The average Bonchev–Trinajstić information content (AvgIpc) is 3.07. The Hall–Kier alpha value is -2.42. The summed E-state index contributed by atoms with van der Waals surface area (Å²) in [5.41, 5.74) is 3.02. The summed E-state index contributed by atoms with van der Waals surface area (Å²) in [6.45, 7) is 3.44. The van der Waals surface area contributed by atoms with E-state index >= 15 is 0 Å². The van der Waals surface area contributed by atoms with E-state index in [-0.39, 0.29) is 0 Å². The van der Waals surface area contributed by atoms with Gasteiger partial charge < -0.3 is 13.3 Å². The second kappa shape index (κ2) is 7.30. The molecule has 4 rings (SSSR count). The lowest BCUT2D eigenvalue weighted by Gasteiger charge is -2.27. The minimum absolute atomic E-state index is 0.323. The van der Waals surface area contributed by atoms with E-state index in [2.05, 4.69) is 9.88 Å². The number of morpholine rings is 1. The number of hydrogen-bond donors (Lipinski definition) is 0. The highest BCUT2D eigenvalue weighted by Gasteiger charge is 2.18. The number of oxazole rings is 1. The molecule has 0 bridgehead atoms. The molecular formula is C19H20N2O5S. The molecule has 0 radical (unpaired) electrons. The van der Waals surface area contributed by atoms with Crippen LogP contribution in [-0.2, 0) is 21.4 Å². The number of fused-ring (bicyclic) bond motifs is 1. The van der Waals surface area contributed by atoms with Crippen LogP contribution in [0.15, 0.2) is 46.9 Å². The second-order valence-electron chi connectivity index (χ2n) is 6.49. The fourth-order valence-corrected chi connectivity index (χ4v) is 3.57. The molecule has 3 aromatic rings. The highest BCUT2D eigenvalue weighted by molar-refractivity contribution is 7.86. The molecule has 1 aliphatic rings. The number of para-hydroxylation sites is 2. The molecule has 0 unspecified atom stereocenters. The molecule has 2 heterocycles. The molecule has 1 aliphatic heterocycles. The first-order chi connectivity index (χ1) is 13.0. The van der Waals surface area contributed by atoms with Gasteiger partial charge >= 0.3 is 10.1 Å². The molecule has 7 nitrogen and oxygen atoms in total. The van der Waals surface area contributed by atoms with Crippen LogP contribution in [-0.4, -0.2) is 50.9 Å². The molecule has 0 N–H and O–H groups in total. The van der Waals surface area contributed by atoms with E-state index in [1.54, 1.807) is 12.1 Å². The lowest BCUT2D eigenvalue weighted by molar-refractivity contribution is 0.0340. The van der Waals surface area contributed by atoms with Gasteiger partial charge in [0.15, 0.2) is 5.58 Å². The molecule has 27 heavy (non-hydrogen) atoms. The highest BCUT2D eigenvalue weighted by Crippen LogP contribution is 2.30. The van der Waals surface area contributed by atoms with E-state index in [0.717, 1.165) is 36.0 Å². The van der Waals surface area contributed by atoms with Crippen molar-refractivity contribution in [2.45, 2.75) is 6.54 Å². The van der Waals surface area contributed by atoms with Gasteiger partial charge in [-0.3, -0.25) is 4.90 Å². The normalized spacial score (nSPS) is 15.9. The van der Waals surface area contributed by atoms with E-state index in [9.17, 15) is 8.42 Å². The zero-order valence-electron chi connectivity index (χ0n) is 14.9. The number of aromatic nitrogens is 1. The van der Waals surface area contributed by atoms with Crippen LogP contribution in [0.5, 0.6) is 5.75 Å². The van der Waals surface area contributed by atoms with Crippen molar-refractivity contribution >= 4 is 21.2 Å². The highest BCUT2D eigenvalue weighted by atomic mass is 32.2. The lowest BCUT2D eigenvalue weighted by Crippen LogP contribution is -2.35. The summed E-state index contributed by atoms with van der Waals surface area (Å²) in [5, 5.41) is 0. The predicted octanol–water partition coefficient (Wildman–Crippen LogP) is 2.67. The Bertz CT molecular complexity index is 1020. The summed E-state index contributed by atoms with van der Waals surface area (Å²) in [4.78, 5) is 6.71. The van der Waals surface area contributed by atoms with Crippen molar-refractivity contribution < 1.29 is 21.8 Å². The molecule has 2 aromatic carbocycles. The van der Waals surface area contributed by atoms with Crippen LogP contribution < -0.4 is 4.18 Å². The Morgan fingerprint density at radius 1 is 1.15 bits per heavy atom. The van der Waals surface area contributed by atoms with E-state index in [4.69, 9.17) is 13.3 Å². The van der Waals surface area contributed by atoms with Crippen LogP contribution in [0.25, 0.3) is 22.6 Å². The maximum atomic E-state index is 11.6. The Kier molecular flexibility index (Phi) is 4.86. The van der Waals surface area contributed by atoms with Crippen molar-refractivity contribution in [2.75, 3.05) is 32.6 Å². The van der Waals surface area contributed by atoms with Crippen molar-refractivity contribution in [2.24, 2.45) is 0 Å². The van der Waals surface area contributed by atoms with Crippen molar-refractivity contribution in [3.8, 4) is 17.2 Å². The van der Waals surface area contributed by atoms with Crippen molar-refractivity contribution in [1.29, 1.82) is 0 Å². The van der Waals surface area contributed by atoms with Crippen LogP contribution in [0.2, 0.25) is 0 Å². The molecule has 0 amide bonds. The predicted molar refractivity (Wildman–Crippen MR) is 101 cm³/mol. The fraction of sp³-hybridized carbons (Fsp3) is 0.316. The summed E-state index contributed by atoms with van der Waals surface area (Å²) < 4.78 is 39.7. The molecule has 1 aromatic heterocycles. The van der Waals surface area contributed by atoms with Gasteiger partial charge in [-0.25, -0.2) is 4.98 Å². The third-order valence-corrected chi connectivity index (χ3v) is 4.82. The van der Waals surface area contributed by atoms with Gasteiger partial charge in [-0.05, 0) is 30.3 Å². The fourth-order valence-electron chi connectivity index (χ4n) is 3.08. The third kappa shape index (κ3) is 4.29. The van der Waals surface area contributed by atoms with Crippen molar-refractivity contribution in [3.63, 3.8) is 0 Å². The second-order valence-corrected chi connectivity index (χ2v) is 8.06. The van der Waals surface area contributed by atoms with Gasteiger partial charge in [-0.15, -0.1) is 0 Å². The van der Waals surface area contributed by atoms with Crippen LogP contribution in [0.1, 0.15) is 5.56 Å². The van der Waals surface area contributed by atoms with Gasteiger partial charge in [0.05, 0.1) is 19.5 Å². The summed E-state index contributed by atoms with van der Waals surface area (Å²) in [7, 11) is -3.62. The van der Waals surface area contributed by atoms with E-state index < -0.39 is 10.1 Å². The number of nitrogens with zero attached hydrogens (tertiary/aromatic N) is 2. The van der Waals surface area contributed by atoms with Gasteiger partial charge in [-0.2, -0.15) is 8.42 Å². The lowest BCUT2D eigenvalue weighted by atomic mass is 10.1. The van der Waals surface area contributed by atoms with Gasteiger partial charge in [0.1, 0.15) is 11.3 Å². The summed E-state index contributed by atoms with van der Waals surface area (Å²) in [6, 6.07) is 12.8. The molecule has 142 valence electrons. The van der Waals surface area contributed by atoms with Crippen LogP contribution >= 0.6 is 0 Å². The van der Waals surface area contributed by atoms with Crippen molar-refractivity contribution in [3.05, 3.63) is 48.0 Å².